The van der Waals surface area contributed by atoms with E-state index in [4.69, 9.17) is 4.74 Å². The lowest BCUT2D eigenvalue weighted by Gasteiger charge is -2.11. The van der Waals surface area contributed by atoms with Crippen molar-refractivity contribution in [2.24, 2.45) is 7.05 Å². The average molecular weight is 323 g/mol. The first-order chi connectivity index (χ1) is 11.5. The van der Waals surface area contributed by atoms with Crippen LogP contribution in [0.25, 0.3) is 11.3 Å². The topological polar surface area (TPSA) is 87.3 Å². The van der Waals surface area contributed by atoms with Crippen molar-refractivity contribution in [3.05, 3.63) is 81.1 Å². The first kappa shape index (κ1) is 15.4. The number of hydrogen-bond donors (Lipinski definition) is 0. The number of ether oxygens (including phenoxy) is 1. The van der Waals surface area contributed by atoms with Crippen LogP contribution in [0.2, 0.25) is 0 Å². The van der Waals surface area contributed by atoms with Crippen LogP contribution in [0.15, 0.2) is 65.5 Å². The SMILES string of the molecule is Cn1nc(-c2cc([N+](=O)[O-])ccc2Oc2ccccc2)ccc1=O. The Labute approximate surface area is 136 Å². The molecule has 0 bridgehead atoms. The van der Waals surface area contributed by atoms with E-state index >= 15 is 0 Å². The summed E-state index contributed by atoms with van der Waals surface area (Å²) in [6.45, 7) is 0. The molecule has 0 amide bonds. The molecule has 7 nitrogen and oxygen atoms in total. The second-order valence-corrected chi connectivity index (χ2v) is 5.03. The Kier molecular flexibility index (Phi) is 4.07. The maximum atomic E-state index is 11.5. The fraction of sp³-hybridized carbons (Fsp3) is 0.0588. The molecule has 0 N–H and O–H groups in total. The molecule has 0 aliphatic heterocycles. The largest absolute Gasteiger partial charge is 0.457 e. The van der Waals surface area contributed by atoms with Crippen molar-refractivity contribution >= 4 is 5.69 Å². The maximum Gasteiger partial charge on any atom is 0.270 e. The van der Waals surface area contributed by atoms with E-state index < -0.39 is 4.92 Å². The molecule has 2 aromatic carbocycles. The Morgan fingerprint density at radius 2 is 1.83 bits per heavy atom. The summed E-state index contributed by atoms with van der Waals surface area (Å²) >= 11 is 0. The van der Waals surface area contributed by atoms with Gasteiger partial charge in [0.2, 0.25) is 0 Å². The zero-order valence-corrected chi connectivity index (χ0v) is 12.7. The molecule has 3 aromatic rings. The molecule has 0 atom stereocenters. The van der Waals surface area contributed by atoms with Crippen molar-refractivity contribution in [2.75, 3.05) is 0 Å². The van der Waals surface area contributed by atoms with Gasteiger partial charge in [0.05, 0.1) is 16.2 Å². The first-order valence-corrected chi connectivity index (χ1v) is 7.10. The highest BCUT2D eigenvalue weighted by Crippen LogP contribution is 2.34. The van der Waals surface area contributed by atoms with Gasteiger partial charge in [-0.25, -0.2) is 4.68 Å². The molecule has 0 aliphatic carbocycles. The summed E-state index contributed by atoms with van der Waals surface area (Å²) in [6.07, 6.45) is 0. The highest BCUT2D eigenvalue weighted by molar-refractivity contribution is 5.70. The third-order valence-electron chi connectivity index (χ3n) is 3.38. The minimum absolute atomic E-state index is 0.0823. The molecule has 24 heavy (non-hydrogen) atoms. The van der Waals surface area contributed by atoms with E-state index in [2.05, 4.69) is 5.10 Å². The van der Waals surface area contributed by atoms with Gasteiger partial charge in [0.25, 0.3) is 11.2 Å². The molecule has 0 fully saturated rings. The van der Waals surface area contributed by atoms with Crippen LogP contribution in [0.4, 0.5) is 5.69 Å². The molecule has 3 rings (SSSR count). The summed E-state index contributed by atoms with van der Waals surface area (Å²) in [6, 6.07) is 16.2. The van der Waals surface area contributed by atoms with Crippen LogP contribution >= 0.6 is 0 Å². The van der Waals surface area contributed by atoms with Crippen molar-refractivity contribution in [3.63, 3.8) is 0 Å². The number of rotatable bonds is 4. The standard InChI is InChI=1S/C17H13N3O4/c1-19-17(21)10-8-15(18-19)14-11-12(20(22)23)7-9-16(14)24-13-5-3-2-4-6-13/h2-11H,1H3. The van der Waals surface area contributed by atoms with Crippen LogP contribution in [-0.2, 0) is 7.05 Å². The quantitative estimate of drug-likeness (QED) is 0.543. The van der Waals surface area contributed by atoms with Gasteiger partial charge < -0.3 is 4.74 Å². The molecule has 120 valence electrons. The molecule has 0 unspecified atom stereocenters. The number of nitro groups is 1. The number of nitrogens with zero attached hydrogens (tertiary/aromatic N) is 3. The predicted molar refractivity (Wildman–Crippen MR) is 88.1 cm³/mol. The van der Waals surface area contributed by atoms with E-state index in [9.17, 15) is 14.9 Å². The molecule has 1 heterocycles. The highest BCUT2D eigenvalue weighted by atomic mass is 16.6. The summed E-state index contributed by atoms with van der Waals surface area (Å²) in [4.78, 5) is 22.1. The Bertz CT molecular complexity index is 952. The van der Waals surface area contributed by atoms with Crippen LogP contribution in [0.1, 0.15) is 0 Å². The van der Waals surface area contributed by atoms with Crippen molar-refractivity contribution in [1.82, 2.24) is 9.78 Å². The van der Waals surface area contributed by atoms with Gasteiger partial charge in [-0.3, -0.25) is 14.9 Å². The normalized spacial score (nSPS) is 10.4. The van der Waals surface area contributed by atoms with Gasteiger partial charge in [-0.15, -0.1) is 0 Å². The van der Waals surface area contributed by atoms with Gasteiger partial charge in [0, 0.05) is 25.2 Å². The maximum absolute atomic E-state index is 11.5. The fourth-order valence-electron chi connectivity index (χ4n) is 2.18. The second-order valence-electron chi connectivity index (χ2n) is 5.03. The zero-order chi connectivity index (χ0) is 17.1. The van der Waals surface area contributed by atoms with Crippen molar-refractivity contribution in [3.8, 4) is 22.8 Å². The van der Waals surface area contributed by atoms with Crippen molar-refractivity contribution in [2.45, 2.75) is 0 Å². The lowest BCUT2D eigenvalue weighted by Crippen LogP contribution is -2.18. The van der Waals surface area contributed by atoms with Crippen LogP contribution in [0.5, 0.6) is 11.5 Å². The van der Waals surface area contributed by atoms with Crippen LogP contribution < -0.4 is 10.3 Å². The number of benzene rings is 2. The molecule has 1 aromatic heterocycles. The minimum Gasteiger partial charge on any atom is -0.457 e. The van der Waals surface area contributed by atoms with E-state index in [0.29, 0.717) is 22.8 Å². The Morgan fingerprint density at radius 3 is 2.50 bits per heavy atom. The van der Waals surface area contributed by atoms with Gasteiger partial charge in [-0.05, 0) is 24.3 Å². The molecule has 0 radical (unpaired) electrons. The second kappa shape index (κ2) is 6.33. The van der Waals surface area contributed by atoms with Crippen LogP contribution in [0.3, 0.4) is 0 Å². The number of aromatic nitrogens is 2. The van der Waals surface area contributed by atoms with Gasteiger partial charge in [0.1, 0.15) is 11.5 Å². The van der Waals surface area contributed by atoms with Crippen LogP contribution in [-0.4, -0.2) is 14.7 Å². The van der Waals surface area contributed by atoms with Gasteiger partial charge in [-0.2, -0.15) is 5.10 Å². The molecule has 0 saturated heterocycles. The van der Waals surface area contributed by atoms with E-state index in [-0.39, 0.29) is 11.2 Å². The van der Waals surface area contributed by atoms with Gasteiger partial charge >= 0.3 is 0 Å². The first-order valence-electron chi connectivity index (χ1n) is 7.10. The highest BCUT2D eigenvalue weighted by Gasteiger charge is 2.15. The Morgan fingerprint density at radius 1 is 1.08 bits per heavy atom. The molecule has 0 aliphatic rings. The summed E-state index contributed by atoms with van der Waals surface area (Å²) in [5, 5.41) is 15.2. The molecule has 7 heteroatoms. The number of non-ortho nitro benzene ring substituents is 1. The van der Waals surface area contributed by atoms with Crippen LogP contribution in [0, 0.1) is 10.1 Å². The molecular weight excluding hydrogens is 310 g/mol. The fourth-order valence-corrected chi connectivity index (χ4v) is 2.18. The molecule has 0 saturated carbocycles. The third kappa shape index (κ3) is 3.14. The van der Waals surface area contributed by atoms with E-state index in [1.165, 1.54) is 42.1 Å². The van der Waals surface area contributed by atoms with E-state index in [1.54, 1.807) is 12.1 Å². The Hall–Kier alpha value is -3.48. The van der Waals surface area contributed by atoms with E-state index in [1.807, 2.05) is 18.2 Å². The van der Waals surface area contributed by atoms with Crippen molar-refractivity contribution < 1.29 is 9.66 Å². The molecule has 0 spiro atoms. The number of nitro benzene ring substituents is 1. The summed E-state index contributed by atoms with van der Waals surface area (Å²) in [5.74, 6) is 1.01. The lowest BCUT2D eigenvalue weighted by atomic mass is 10.1. The van der Waals surface area contributed by atoms with Gasteiger partial charge in [-0.1, -0.05) is 18.2 Å². The summed E-state index contributed by atoms with van der Waals surface area (Å²) in [5.41, 5.74) is 0.492. The Balaban J connectivity index is 2.12. The lowest BCUT2D eigenvalue weighted by molar-refractivity contribution is -0.384. The smallest absolute Gasteiger partial charge is 0.270 e. The predicted octanol–water partition coefficient (Wildman–Crippen LogP) is 3.15. The molecular formula is C17H13N3O4. The van der Waals surface area contributed by atoms with Gasteiger partial charge in [0.15, 0.2) is 0 Å². The third-order valence-corrected chi connectivity index (χ3v) is 3.38. The average Bonchev–Trinajstić information content (AvgIpc) is 2.58. The number of hydrogen-bond acceptors (Lipinski definition) is 5. The number of para-hydroxylation sites is 1. The minimum atomic E-state index is -0.488. The van der Waals surface area contributed by atoms with Crippen molar-refractivity contribution in [1.29, 1.82) is 0 Å². The zero-order valence-electron chi connectivity index (χ0n) is 12.7. The number of aryl methyl sites for hydroxylation is 1. The summed E-state index contributed by atoms with van der Waals surface area (Å²) < 4.78 is 6.99. The monoisotopic (exact) mass is 323 g/mol. The summed E-state index contributed by atoms with van der Waals surface area (Å²) in [7, 11) is 1.51. The van der Waals surface area contributed by atoms with E-state index in [0.717, 1.165) is 0 Å².